The van der Waals surface area contributed by atoms with Gasteiger partial charge in [-0.05, 0) is 44.4 Å². The molecule has 1 fully saturated rings. The van der Waals surface area contributed by atoms with Crippen LogP contribution in [0.4, 0.5) is 11.4 Å². The molecule has 0 radical (unpaired) electrons. The van der Waals surface area contributed by atoms with Gasteiger partial charge in [0.05, 0.1) is 17.3 Å². The molecule has 20 heavy (non-hydrogen) atoms. The molecular weight excluding hydrogens is 274 g/mol. The molecule has 3 N–H and O–H groups in total. The molecule has 2 rings (SSSR count). The van der Waals surface area contributed by atoms with E-state index in [2.05, 4.69) is 24.1 Å². The average Bonchev–Trinajstić information content (AvgIpc) is 2.75. The van der Waals surface area contributed by atoms with Crippen LogP contribution in [-0.2, 0) is 4.79 Å². The number of nitrogens with one attached hydrogen (secondary N) is 1. The van der Waals surface area contributed by atoms with Gasteiger partial charge in [0.15, 0.2) is 0 Å². The summed E-state index contributed by atoms with van der Waals surface area (Å²) in [5, 5.41) is 3.38. The highest BCUT2D eigenvalue weighted by molar-refractivity contribution is 6.33. The summed E-state index contributed by atoms with van der Waals surface area (Å²) in [5.41, 5.74) is 6.90. The molecule has 2 unspecified atom stereocenters. The number of nitrogens with two attached hydrogens (primary N) is 1. The number of anilines is 2. The van der Waals surface area contributed by atoms with E-state index in [-0.39, 0.29) is 5.91 Å². The van der Waals surface area contributed by atoms with E-state index >= 15 is 0 Å². The van der Waals surface area contributed by atoms with E-state index in [9.17, 15) is 4.79 Å². The minimum absolute atomic E-state index is 0.000998. The van der Waals surface area contributed by atoms with Gasteiger partial charge in [0, 0.05) is 17.8 Å². The lowest BCUT2D eigenvalue weighted by Crippen LogP contribution is -2.40. The SMILES string of the molecule is CCC1CCC(C)N1CC(=O)Nc1ccc(Cl)c(N)c1. The Labute approximate surface area is 125 Å². The van der Waals surface area contributed by atoms with Crippen LogP contribution < -0.4 is 11.1 Å². The van der Waals surface area contributed by atoms with E-state index in [1.807, 2.05) is 0 Å². The molecule has 2 atom stereocenters. The standard InChI is InChI=1S/C15H22ClN3O/c1-3-12-6-4-10(2)19(12)9-15(20)18-11-5-7-13(16)14(17)8-11/h5,7-8,10,12H,3-4,6,9,17H2,1-2H3,(H,18,20). The minimum atomic E-state index is -0.000998. The first-order valence-corrected chi connectivity index (χ1v) is 7.49. The van der Waals surface area contributed by atoms with Gasteiger partial charge in [-0.25, -0.2) is 0 Å². The third kappa shape index (κ3) is 3.44. The summed E-state index contributed by atoms with van der Waals surface area (Å²) < 4.78 is 0. The number of nitrogens with zero attached hydrogens (tertiary/aromatic N) is 1. The Bertz CT molecular complexity index is 492. The van der Waals surface area contributed by atoms with Gasteiger partial charge in [0.2, 0.25) is 5.91 Å². The molecule has 1 aromatic carbocycles. The largest absolute Gasteiger partial charge is 0.397 e. The molecule has 110 valence electrons. The van der Waals surface area contributed by atoms with Gasteiger partial charge < -0.3 is 11.1 Å². The maximum Gasteiger partial charge on any atom is 0.238 e. The Morgan fingerprint density at radius 2 is 2.25 bits per heavy atom. The maximum absolute atomic E-state index is 12.1. The molecule has 5 heteroatoms. The molecule has 1 aliphatic rings. The summed E-state index contributed by atoms with van der Waals surface area (Å²) >= 11 is 5.87. The summed E-state index contributed by atoms with van der Waals surface area (Å²) in [6.07, 6.45) is 3.43. The van der Waals surface area contributed by atoms with Gasteiger partial charge in [-0.1, -0.05) is 18.5 Å². The van der Waals surface area contributed by atoms with Crippen LogP contribution in [0.25, 0.3) is 0 Å². The molecule has 0 bridgehead atoms. The summed E-state index contributed by atoms with van der Waals surface area (Å²) in [5.74, 6) is -0.000998. The molecule has 0 aliphatic carbocycles. The van der Waals surface area contributed by atoms with Crippen molar-refractivity contribution in [3.8, 4) is 0 Å². The van der Waals surface area contributed by atoms with E-state index in [4.69, 9.17) is 17.3 Å². The Morgan fingerprint density at radius 1 is 1.50 bits per heavy atom. The predicted molar refractivity (Wildman–Crippen MR) is 84.0 cm³/mol. The summed E-state index contributed by atoms with van der Waals surface area (Å²) in [6.45, 7) is 4.79. The van der Waals surface area contributed by atoms with Gasteiger partial charge >= 0.3 is 0 Å². The Balaban J connectivity index is 1.96. The molecular formula is C15H22ClN3O. The molecule has 4 nitrogen and oxygen atoms in total. The Kier molecular flexibility index (Phi) is 4.89. The van der Waals surface area contributed by atoms with Crippen LogP contribution in [0.15, 0.2) is 18.2 Å². The maximum atomic E-state index is 12.1. The van der Waals surface area contributed by atoms with Crippen LogP contribution in [0.3, 0.4) is 0 Å². The fourth-order valence-corrected chi connectivity index (χ4v) is 2.95. The number of hydrogen-bond donors (Lipinski definition) is 2. The van der Waals surface area contributed by atoms with Crippen molar-refractivity contribution in [1.29, 1.82) is 0 Å². The topological polar surface area (TPSA) is 58.4 Å². The van der Waals surface area contributed by atoms with Crippen molar-refractivity contribution in [2.45, 2.75) is 45.2 Å². The van der Waals surface area contributed by atoms with Crippen molar-refractivity contribution in [3.63, 3.8) is 0 Å². The molecule has 1 heterocycles. The van der Waals surface area contributed by atoms with Gasteiger partial charge in [-0.15, -0.1) is 0 Å². The second-order valence-corrected chi connectivity index (χ2v) is 5.85. The number of likely N-dealkylation sites (tertiary alicyclic amines) is 1. The zero-order chi connectivity index (χ0) is 14.7. The van der Waals surface area contributed by atoms with Crippen molar-refractivity contribution >= 4 is 28.9 Å². The first-order valence-electron chi connectivity index (χ1n) is 7.12. The number of carbonyl (C=O) groups is 1. The molecule has 0 saturated carbocycles. The third-order valence-corrected chi connectivity index (χ3v) is 4.37. The second kappa shape index (κ2) is 6.46. The van der Waals surface area contributed by atoms with E-state index < -0.39 is 0 Å². The molecule has 1 aliphatic heterocycles. The van der Waals surface area contributed by atoms with Crippen LogP contribution in [0.5, 0.6) is 0 Å². The number of carbonyl (C=O) groups excluding carboxylic acids is 1. The zero-order valence-electron chi connectivity index (χ0n) is 12.0. The van der Waals surface area contributed by atoms with Crippen LogP contribution in [0, 0.1) is 0 Å². The number of hydrogen-bond acceptors (Lipinski definition) is 3. The van der Waals surface area contributed by atoms with Crippen LogP contribution in [0.2, 0.25) is 5.02 Å². The van der Waals surface area contributed by atoms with Crippen LogP contribution >= 0.6 is 11.6 Å². The van der Waals surface area contributed by atoms with Crippen molar-refractivity contribution in [1.82, 2.24) is 4.90 Å². The van der Waals surface area contributed by atoms with Crippen molar-refractivity contribution in [2.75, 3.05) is 17.6 Å². The van der Waals surface area contributed by atoms with E-state index in [0.29, 0.717) is 35.0 Å². The number of benzene rings is 1. The van der Waals surface area contributed by atoms with Crippen molar-refractivity contribution < 1.29 is 4.79 Å². The summed E-state index contributed by atoms with van der Waals surface area (Å²) in [7, 11) is 0. The third-order valence-electron chi connectivity index (χ3n) is 4.03. The monoisotopic (exact) mass is 295 g/mol. The fraction of sp³-hybridized carbons (Fsp3) is 0.533. The highest BCUT2D eigenvalue weighted by Gasteiger charge is 2.30. The summed E-state index contributed by atoms with van der Waals surface area (Å²) in [4.78, 5) is 14.4. The summed E-state index contributed by atoms with van der Waals surface area (Å²) in [6, 6.07) is 6.14. The van der Waals surface area contributed by atoms with Gasteiger partial charge in [0.1, 0.15) is 0 Å². The first-order chi connectivity index (χ1) is 9.51. The van der Waals surface area contributed by atoms with E-state index in [0.717, 1.165) is 6.42 Å². The lowest BCUT2D eigenvalue weighted by Gasteiger charge is -2.26. The lowest BCUT2D eigenvalue weighted by molar-refractivity contribution is -0.118. The van der Waals surface area contributed by atoms with Gasteiger partial charge in [-0.2, -0.15) is 0 Å². The molecule has 1 aromatic rings. The number of halogens is 1. The Morgan fingerprint density at radius 3 is 2.90 bits per heavy atom. The predicted octanol–water partition coefficient (Wildman–Crippen LogP) is 3.12. The van der Waals surface area contributed by atoms with E-state index in [1.54, 1.807) is 18.2 Å². The van der Waals surface area contributed by atoms with Gasteiger partial charge in [0.25, 0.3) is 0 Å². The van der Waals surface area contributed by atoms with E-state index in [1.165, 1.54) is 12.8 Å². The highest BCUT2D eigenvalue weighted by Crippen LogP contribution is 2.26. The smallest absolute Gasteiger partial charge is 0.238 e. The van der Waals surface area contributed by atoms with Crippen molar-refractivity contribution in [3.05, 3.63) is 23.2 Å². The second-order valence-electron chi connectivity index (χ2n) is 5.45. The lowest BCUT2D eigenvalue weighted by atomic mass is 10.1. The minimum Gasteiger partial charge on any atom is -0.397 e. The zero-order valence-corrected chi connectivity index (χ0v) is 12.8. The quantitative estimate of drug-likeness (QED) is 0.839. The number of rotatable bonds is 4. The highest BCUT2D eigenvalue weighted by atomic mass is 35.5. The van der Waals surface area contributed by atoms with Crippen molar-refractivity contribution in [2.24, 2.45) is 0 Å². The fourth-order valence-electron chi connectivity index (χ4n) is 2.84. The molecule has 0 spiro atoms. The molecule has 0 aromatic heterocycles. The van der Waals surface area contributed by atoms with Gasteiger partial charge in [-0.3, -0.25) is 9.69 Å². The normalized spacial score (nSPS) is 22.9. The van der Waals surface area contributed by atoms with Crippen LogP contribution in [0.1, 0.15) is 33.1 Å². The average molecular weight is 296 g/mol. The Hall–Kier alpha value is -1.26. The first kappa shape index (κ1) is 15.1. The molecule has 1 saturated heterocycles. The van der Waals surface area contributed by atoms with Crippen LogP contribution in [-0.4, -0.2) is 29.4 Å². The molecule has 1 amide bonds. The number of nitrogen functional groups attached to an aromatic ring is 1. The number of amides is 1.